The number of alkyl halides is 2. The van der Waals surface area contributed by atoms with Gasteiger partial charge in [-0.05, 0) is 12.1 Å². The molecule has 2 aromatic rings. The number of rotatable bonds is 2. The Bertz CT molecular complexity index is 582. The van der Waals surface area contributed by atoms with Crippen LogP contribution in [0.1, 0.15) is 17.6 Å². The fourth-order valence-corrected chi connectivity index (χ4v) is 1.63. The van der Waals surface area contributed by atoms with Crippen LogP contribution in [0.5, 0.6) is 0 Å². The van der Waals surface area contributed by atoms with Crippen LogP contribution < -0.4 is 0 Å². The van der Waals surface area contributed by atoms with Gasteiger partial charge in [0.15, 0.2) is 0 Å². The summed E-state index contributed by atoms with van der Waals surface area (Å²) in [6, 6.07) is 8.45. The molecule has 0 unspecified atom stereocenters. The zero-order valence-electron chi connectivity index (χ0n) is 9.06. The number of aryl methyl sites for hydroxylation is 1. The second-order valence-corrected chi connectivity index (χ2v) is 3.60. The van der Waals surface area contributed by atoms with Crippen molar-refractivity contribution in [1.82, 2.24) is 9.78 Å². The summed E-state index contributed by atoms with van der Waals surface area (Å²) in [6.45, 7) is 0. The second kappa shape index (κ2) is 4.34. The van der Waals surface area contributed by atoms with E-state index in [1.807, 2.05) is 6.07 Å². The molecule has 0 amide bonds. The van der Waals surface area contributed by atoms with Gasteiger partial charge in [0.2, 0.25) is 0 Å². The standard InChI is InChI=1S/C12H9F2N3/c1-17-7-10(12(13)14)11(16-17)9-4-2-3-8(5-9)6-15/h2-5,7,12H,1H3. The van der Waals surface area contributed by atoms with Crippen molar-refractivity contribution in [3.63, 3.8) is 0 Å². The minimum Gasteiger partial charge on any atom is -0.275 e. The Labute approximate surface area is 96.9 Å². The van der Waals surface area contributed by atoms with E-state index in [4.69, 9.17) is 5.26 Å². The molecular formula is C12H9F2N3. The van der Waals surface area contributed by atoms with E-state index in [2.05, 4.69) is 5.10 Å². The average molecular weight is 233 g/mol. The summed E-state index contributed by atoms with van der Waals surface area (Å²) in [5.41, 5.74) is 1.05. The Balaban J connectivity index is 2.56. The summed E-state index contributed by atoms with van der Waals surface area (Å²) in [5, 5.41) is 12.8. The van der Waals surface area contributed by atoms with Crippen molar-refractivity contribution in [2.75, 3.05) is 0 Å². The van der Waals surface area contributed by atoms with Gasteiger partial charge in [0, 0.05) is 18.8 Å². The molecule has 0 fully saturated rings. The Morgan fingerprint density at radius 2 is 2.18 bits per heavy atom. The van der Waals surface area contributed by atoms with Crippen LogP contribution in [0.2, 0.25) is 0 Å². The lowest BCUT2D eigenvalue weighted by atomic mass is 10.1. The van der Waals surface area contributed by atoms with E-state index in [0.29, 0.717) is 11.1 Å². The van der Waals surface area contributed by atoms with Crippen LogP contribution in [0.25, 0.3) is 11.3 Å². The number of benzene rings is 1. The van der Waals surface area contributed by atoms with Crippen molar-refractivity contribution >= 4 is 0 Å². The van der Waals surface area contributed by atoms with E-state index in [1.165, 1.54) is 10.9 Å². The molecule has 0 aliphatic rings. The SMILES string of the molecule is Cn1cc(C(F)F)c(-c2cccc(C#N)c2)n1. The van der Waals surface area contributed by atoms with Gasteiger partial charge in [-0.1, -0.05) is 12.1 Å². The van der Waals surface area contributed by atoms with E-state index >= 15 is 0 Å². The number of hydrogen-bond acceptors (Lipinski definition) is 2. The molecule has 0 saturated heterocycles. The summed E-state index contributed by atoms with van der Waals surface area (Å²) >= 11 is 0. The molecule has 0 bridgehead atoms. The Morgan fingerprint density at radius 3 is 2.82 bits per heavy atom. The second-order valence-electron chi connectivity index (χ2n) is 3.60. The molecule has 0 aliphatic heterocycles. The molecule has 5 heteroatoms. The fourth-order valence-electron chi connectivity index (χ4n) is 1.63. The summed E-state index contributed by atoms with van der Waals surface area (Å²) in [5.74, 6) is 0. The quantitative estimate of drug-likeness (QED) is 0.800. The molecule has 1 aromatic heterocycles. The maximum atomic E-state index is 12.8. The molecule has 3 nitrogen and oxygen atoms in total. The van der Waals surface area contributed by atoms with Crippen LogP contribution in [0.3, 0.4) is 0 Å². The van der Waals surface area contributed by atoms with Crippen molar-refractivity contribution in [2.24, 2.45) is 7.05 Å². The van der Waals surface area contributed by atoms with Gasteiger partial charge >= 0.3 is 0 Å². The summed E-state index contributed by atoms with van der Waals surface area (Å²) in [7, 11) is 1.59. The summed E-state index contributed by atoms with van der Waals surface area (Å²) < 4.78 is 26.9. The Morgan fingerprint density at radius 1 is 1.41 bits per heavy atom. The number of nitriles is 1. The fraction of sp³-hybridized carbons (Fsp3) is 0.167. The number of halogens is 2. The maximum absolute atomic E-state index is 12.8. The van der Waals surface area contributed by atoms with Crippen LogP contribution >= 0.6 is 0 Å². The van der Waals surface area contributed by atoms with E-state index in [-0.39, 0.29) is 11.3 Å². The van der Waals surface area contributed by atoms with E-state index < -0.39 is 6.43 Å². The van der Waals surface area contributed by atoms with Crippen LogP contribution in [0.15, 0.2) is 30.5 Å². The number of hydrogen-bond donors (Lipinski definition) is 0. The first-order chi connectivity index (χ1) is 8.11. The largest absolute Gasteiger partial charge is 0.275 e. The van der Waals surface area contributed by atoms with Gasteiger partial charge in [-0.2, -0.15) is 10.4 Å². The smallest absolute Gasteiger partial charge is 0.267 e. The highest BCUT2D eigenvalue weighted by molar-refractivity contribution is 5.64. The highest BCUT2D eigenvalue weighted by Crippen LogP contribution is 2.29. The van der Waals surface area contributed by atoms with Crippen molar-refractivity contribution in [1.29, 1.82) is 5.26 Å². The van der Waals surface area contributed by atoms with Crippen molar-refractivity contribution in [3.8, 4) is 17.3 Å². The molecule has 0 atom stereocenters. The topological polar surface area (TPSA) is 41.6 Å². The predicted molar refractivity (Wildman–Crippen MR) is 58.3 cm³/mol. The first-order valence-corrected chi connectivity index (χ1v) is 4.94. The molecule has 17 heavy (non-hydrogen) atoms. The summed E-state index contributed by atoms with van der Waals surface area (Å²) in [6.07, 6.45) is -1.29. The van der Waals surface area contributed by atoms with Crippen molar-refractivity contribution in [2.45, 2.75) is 6.43 Å². The number of aromatic nitrogens is 2. The van der Waals surface area contributed by atoms with E-state index in [1.54, 1.807) is 31.3 Å². The third-order valence-corrected chi connectivity index (χ3v) is 2.36. The zero-order chi connectivity index (χ0) is 12.4. The first-order valence-electron chi connectivity index (χ1n) is 4.94. The van der Waals surface area contributed by atoms with Crippen molar-refractivity contribution < 1.29 is 8.78 Å². The lowest BCUT2D eigenvalue weighted by molar-refractivity contribution is 0.152. The van der Waals surface area contributed by atoms with Gasteiger partial charge < -0.3 is 0 Å². The maximum Gasteiger partial charge on any atom is 0.267 e. The minimum atomic E-state index is -2.58. The van der Waals surface area contributed by atoms with Crippen LogP contribution in [0, 0.1) is 11.3 Å². The van der Waals surface area contributed by atoms with Crippen molar-refractivity contribution in [3.05, 3.63) is 41.6 Å². The molecule has 0 saturated carbocycles. The van der Waals surface area contributed by atoms with Gasteiger partial charge in [0.1, 0.15) is 5.69 Å². The third kappa shape index (κ3) is 2.16. The van der Waals surface area contributed by atoms with E-state index in [0.717, 1.165) is 0 Å². The molecule has 2 rings (SSSR count). The normalized spacial score (nSPS) is 10.5. The third-order valence-electron chi connectivity index (χ3n) is 2.36. The molecule has 0 radical (unpaired) electrons. The summed E-state index contributed by atoms with van der Waals surface area (Å²) in [4.78, 5) is 0. The Kier molecular flexibility index (Phi) is 2.88. The lowest BCUT2D eigenvalue weighted by Gasteiger charge is -2.01. The lowest BCUT2D eigenvalue weighted by Crippen LogP contribution is -1.89. The van der Waals surface area contributed by atoms with Crippen LogP contribution in [-0.2, 0) is 7.05 Å². The monoisotopic (exact) mass is 233 g/mol. The molecular weight excluding hydrogens is 224 g/mol. The zero-order valence-corrected chi connectivity index (χ0v) is 9.06. The average Bonchev–Trinajstić information content (AvgIpc) is 2.72. The van der Waals surface area contributed by atoms with Crippen LogP contribution in [0.4, 0.5) is 8.78 Å². The first kappa shape index (κ1) is 11.3. The molecule has 1 heterocycles. The molecule has 0 aliphatic carbocycles. The van der Waals surface area contributed by atoms with Gasteiger partial charge in [0.25, 0.3) is 6.43 Å². The molecule has 0 N–H and O–H groups in total. The van der Waals surface area contributed by atoms with Gasteiger partial charge in [0.05, 0.1) is 17.2 Å². The van der Waals surface area contributed by atoms with Gasteiger partial charge in [-0.3, -0.25) is 4.68 Å². The van der Waals surface area contributed by atoms with Crippen LogP contribution in [-0.4, -0.2) is 9.78 Å². The highest BCUT2D eigenvalue weighted by atomic mass is 19.3. The minimum absolute atomic E-state index is 0.123. The molecule has 0 spiro atoms. The number of nitrogens with zero attached hydrogens (tertiary/aromatic N) is 3. The molecule has 1 aromatic carbocycles. The predicted octanol–water partition coefficient (Wildman–Crippen LogP) is 2.90. The van der Waals surface area contributed by atoms with E-state index in [9.17, 15) is 8.78 Å². The highest BCUT2D eigenvalue weighted by Gasteiger charge is 2.18. The molecule has 86 valence electrons. The van der Waals surface area contributed by atoms with Gasteiger partial charge in [-0.15, -0.1) is 0 Å². The Hall–Kier alpha value is -2.22. The van der Waals surface area contributed by atoms with Gasteiger partial charge in [-0.25, -0.2) is 8.78 Å².